The van der Waals surface area contributed by atoms with E-state index in [1.54, 1.807) is 11.0 Å². The molecular formula is C13H18ClN5. The maximum absolute atomic E-state index is 6.22. The van der Waals surface area contributed by atoms with Crippen LogP contribution in [0, 0.1) is 5.92 Å². The van der Waals surface area contributed by atoms with Crippen LogP contribution < -0.4 is 5.32 Å². The van der Waals surface area contributed by atoms with Crippen LogP contribution in [0.3, 0.4) is 0 Å². The second-order valence-corrected chi connectivity index (χ2v) is 5.86. The zero-order valence-electron chi connectivity index (χ0n) is 11.0. The van der Waals surface area contributed by atoms with Crippen molar-refractivity contribution < 1.29 is 0 Å². The zero-order chi connectivity index (χ0) is 13.2. The van der Waals surface area contributed by atoms with Gasteiger partial charge in [-0.3, -0.25) is 4.68 Å². The Balaban J connectivity index is 1.71. The summed E-state index contributed by atoms with van der Waals surface area (Å²) in [6.07, 6.45) is 8.11. The molecule has 3 rings (SSSR count). The second-order valence-electron chi connectivity index (χ2n) is 5.24. The second kappa shape index (κ2) is 5.33. The van der Waals surface area contributed by atoms with Gasteiger partial charge in [0, 0.05) is 19.0 Å². The van der Waals surface area contributed by atoms with Crippen LogP contribution in [0.1, 0.15) is 25.7 Å². The number of alkyl halides is 1. The molecule has 1 saturated carbocycles. The minimum atomic E-state index is 0.337. The molecule has 2 aromatic rings. The Kier molecular flexibility index (Phi) is 3.55. The summed E-state index contributed by atoms with van der Waals surface area (Å²) in [5.74, 6) is 1.51. The Morgan fingerprint density at radius 1 is 1.42 bits per heavy atom. The molecule has 1 fully saturated rings. The maximum atomic E-state index is 6.22. The molecule has 1 N–H and O–H groups in total. The van der Waals surface area contributed by atoms with Crippen molar-refractivity contribution in [2.45, 2.75) is 31.1 Å². The Hall–Kier alpha value is -1.36. The van der Waals surface area contributed by atoms with Crippen LogP contribution in [-0.2, 0) is 7.05 Å². The molecule has 1 aliphatic rings. The number of halogens is 1. The van der Waals surface area contributed by atoms with Crippen LogP contribution in [0.5, 0.6) is 0 Å². The number of aromatic nitrogens is 4. The average Bonchev–Trinajstić information content (AvgIpc) is 2.79. The molecule has 0 amide bonds. The van der Waals surface area contributed by atoms with E-state index in [2.05, 4.69) is 20.4 Å². The van der Waals surface area contributed by atoms with E-state index >= 15 is 0 Å². The fourth-order valence-electron chi connectivity index (χ4n) is 2.75. The van der Waals surface area contributed by atoms with E-state index in [0.717, 1.165) is 36.2 Å². The number of nitrogens with one attached hydrogen (secondary N) is 1. The van der Waals surface area contributed by atoms with E-state index in [1.165, 1.54) is 12.8 Å². The molecule has 0 aliphatic heterocycles. The number of anilines is 1. The van der Waals surface area contributed by atoms with Gasteiger partial charge in [-0.15, -0.1) is 11.6 Å². The molecule has 1 aliphatic carbocycles. The number of hydrogen-bond donors (Lipinski definition) is 1. The first-order chi connectivity index (χ1) is 9.24. The quantitative estimate of drug-likeness (QED) is 0.878. The van der Waals surface area contributed by atoms with Crippen LogP contribution in [0.2, 0.25) is 0 Å². The summed E-state index contributed by atoms with van der Waals surface area (Å²) in [6.45, 7) is 0.921. The Bertz CT molecular complexity index is 567. The molecule has 102 valence electrons. The van der Waals surface area contributed by atoms with Crippen molar-refractivity contribution >= 4 is 28.5 Å². The Labute approximate surface area is 117 Å². The van der Waals surface area contributed by atoms with E-state index in [9.17, 15) is 0 Å². The lowest BCUT2D eigenvalue weighted by atomic mass is 9.89. The van der Waals surface area contributed by atoms with E-state index < -0.39 is 0 Å². The van der Waals surface area contributed by atoms with Gasteiger partial charge in [-0.1, -0.05) is 6.42 Å². The molecule has 0 bridgehead atoms. The van der Waals surface area contributed by atoms with Crippen molar-refractivity contribution in [2.75, 3.05) is 11.9 Å². The van der Waals surface area contributed by atoms with Gasteiger partial charge >= 0.3 is 0 Å². The largest absolute Gasteiger partial charge is 0.369 e. The Morgan fingerprint density at radius 3 is 3.16 bits per heavy atom. The van der Waals surface area contributed by atoms with E-state index in [1.807, 2.05) is 13.2 Å². The van der Waals surface area contributed by atoms with Gasteiger partial charge in [0.25, 0.3) is 0 Å². The van der Waals surface area contributed by atoms with Crippen LogP contribution >= 0.6 is 11.6 Å². The highest BCUT2D eigenvalue weighted by molar-refractivity contribution is 6.20. The van der Waals surface area contributed by atoms with Crippen molar-refractivity contribution in [1.29, 1.82) is 0 Å². The number of hydrogen-bond acceptors (Lipinski definition) is 4. The predicted octanol–water partition coefficient (Wildman–Crippen LogP) is 2.57. The van der Waals surface area contributed by atoms with Crippen LogP contribution in [0.15, 0.2) is 12.5 Å². The van der Waals surface area contributed by atoms with Crippen molar-refractivity contribution in [3.8, 4) is 0 Å². The first-order valence-corrected chi connectivity index (χ1v) is 7.18. The van der Waals surface area contributed by atoms with Gasteiger partial charge in [-0.25, -0.2) is 9.97 Å². The van der Waals surface area contributed by atoms with Crippen LogP contribution in [0.4, 0.5) is 5.82 Å². The minimum absolute atomic E-state index is 0.337. The van der Waals surface area contributed by atoms with Gasteiger partial charge in [0.1, 0.15) is 12.1 Å². The standard InChI is InChI=1S/C13H18ClN5/c1-19-13-11(7-18-19)12(16-8-17-13)15-6-9-3-2-4-10(14)5-9/h7-10H,2-6H2,1H3,(H,15,16,17). The first kappa shape index (κ1) is 12.7. The fraction of sp³-hybridized carbons (Fsp3) is 0.615. The van der Waals surface area contributed by atoms with Crippen molar-refractivity contribution in [3.63, 3.8) is 0 Å². The minimum Gasteiger partial charge on any atom is -0.369 e. The molecule has 2 aromatic heterocycles. The van der Waals surface area contributed by atoms with E-state index in [-0.39, 0.29) is 0 Å². The van der Waals surface area contributed by atoms with Gasteiger partial charge in [-0.2, -0.15) is 5.10 Å². The summed E-state index contributed by atoms with van der Waals surface area (Å²) in [4.78, 5) is 8.55. The zero-order valence-corrected chi connectivity index (χ0v) is 11.8. The highest BCUT2D eigenvalue weighted by atomic mass is 35.5. The van der Waals surface area contributed by atoms with Gasteiger partial charge in [0.2, 0.25) is 0 Å². The summed E-state index contributed by atoms with van der Waals surface area (Å²) in [5, 5.41) is 8.96. The third-order valence-electron chi connectivity index (χ3n) is 3.81. The lowest BCUT2D eigenvalue weighted by Gasteiger charge is -2.25. The average molecular weight is 280 g/mol. The van der Waals surface area contributed by atoms with Gasteiger partial charge in [-0.05, 0) is 25.2 Å². The monoisotopic (exact) mass is 279 g/mol. The normalized spacial score (nSPS) is 23.7. The van der Waals surface area contributed by atoms with Gasteiger partial charge < -0.3 is 5.32 Å². The molecule has 5 nitrogen and oxygen atoms in total. The summed E-state index contributed by atoms with van der Waals surface area (Å²) in [7, 11) is 1.89. The molecule has 2 atom stereocenters. The summed E-state index contributed by atoms with van der Waals surface area (Å²) in [5.41, 5.74) is 0.858. The first-order valence-electron chi connectivity index (χ1n) is 6.74. The van der Waals surface area contributed by atoms with Crippen molar-refractivity contribution in [1.82, 2.24) is 19.7 Å². The number of fused-ring (bicyclic) bond motifs is 1. The topological polar surface area (TPSA) is 55.6 Å². The highest BCUT2D eigenvalue weighted by Gasteiger charge is 2.20. The van der Waals surface area contributed by atoms with Gasteiger partial charge in [0.05, 0.1) is 11.6 Å². The fourth-order valence-corrected chi connectivity index (χ4v) is 3.16. The third-order valence-corrected chi connectivity index (χ3v) is 4.20. The molecule has 2 heterocycles. The van der Waals surface area contributed by atoms with Crippen molar-refractivity contribution in [2.24, 2.45) is 13.0 Å². The van der Waals surface area contributed by atoms with Crippen molar-refractivity contribution in [3.05, 3.63) is 12.5 Å². The molecular weight excluding hydrogens is 262 g/mol. The molecule has 2 unspecified atom stereocenters. The van der Waals surface area contributed by atoms with E-state index in [4.69, 9.17) is 11.6 Å². The maximum Gasteiger partial charge on any atom is 0.163 e. The summed E-state index contributed by atoms with van der Waals surface area (Å²) >= 11 is 6.22. The Morgan fingerprint density at radius 2 is 2.32 bits per heavy atom. The third kappa shape index (κ3) is 2.66. The molecule has 19 heavy (non-hydrogen) atoms. The molecule has 0 spiro atoms. The number of rotatable bonds is 3. The highest BCUT2D eigenvalue weighted by Crippen LogP contribution is 2.28. The summed E-state index contributed by atoms with van der Waals surface area (Å²) in [6, 6.07) is 0. The molecule has 6 heteroatoms. The molecule has 0 radical (unpaired) electrons. The lowest BCUT2D eigenvalue weighted by molar-refractivity contribution is 0.378. The van der Waals surface area contributed by atoms with Gasteiger partial charge in [0.15, 0.2) is 5.65 Å². The van der Waals surface area contributed by atoms with Crippen LogP contribution in [-0.4, -0.2) is 31.7 Å². The SMILES string of the molecule is Cn1ncc2c(NCC3CCCC(Cl)C3)ncnc21. The lowest BCUT2D eigenvalue weighted by Crippen LogP contribution is -2.22. The van der Waals surface area contributed by atoms with E-state index in [0.29, 0.717) is 11.3 Å². The summed E-state index contributed by atoms with van der Waals surface area (Å²) < 4.78 is 1.76. The smallest absolute Gasteiger partial charge is 0.163 e. The number of nitrogens with zero attached hydrogens (tertiary/aromatic N) is 4. The number of aryl methyl sites for hydroxylation is 1. The molecule has 0 aromatic carbocycles. The predicted molar refractivity (Wildman–Crippen MR) is 76.4 cm³/mol. The van der Waals surface area contributed by atoms with Crippen LogP contribution in [0.25, 0.3) is 11.0 Å². The molecule has 0 saturated heterocycles.